The van der Waals surface area contributed by atoms with Crippen molar-refractivity contribution in [1.29, 1.82) is 0 Å². The first-order valence-electron chi connectivity index (χ1n) is 10.4. The molecule has 0 saturated heterocycles. The number of anilines is 1. The SMILES string of the molecule is COc1cc(NC(=O)C2CCCC2)c(C(=O)OCc2cn3cc(Cl)ccc3n2)cc1OC. The van der Waals surface area contributed by atoms with E-state index in [0.717, 1.165) is 25.7 Å². The summed E-state index contributed by atoms with van der Waals surface area (Å²) in [7, 11) is 2.97. The van der Waals surface area contributed by atoms with Crippen LogP contribution in [0.3, 0.4) is 0 Å². The molecule has 9 heteroatoms. The van der Waals surface area contributed by atoms with Crippen molar-refractivity contribution in [3.63, 3.8) is 0 Å². The van der Waals surface area contributed by atoms with Crippen LogP contribution in [0, 0.1) is 5.92 Å². The van der Waals surface area contributed by atoms with Crippen molar-refractivity contribution in [3.05, 3.63) is 52.9 Å². The van der Waals surface area contributed by atoms with E-state index >= 15 is 0 Å². The van der Waals surface area contributed by atoms with E-state index in [4.69, 9.17) is 25.8 Å². The molecule has 0 spiro atoms. The lowest BCUT2D eigenvalue weighted by Crippen LogP contribution is -2.22. The fourth-order valence-electron chi connectivity index (χ4n) is 3.88. The third-order valence-corrected chi connectivity index (χ3v) is 5.77. The Kier molecular flexibility index (Phi) is 6.50. The van der Waals surface area contributed by atoms with Crippen LogP contribution in [0.15, 0.2) is 36.7 Å². The molecule has 3 aromatic rings. The summed E-state index contributed by atoms with van der Waals surface area (Å²) in [6.45, 7) is -0.0392. The highest BCUT2D eigenvalue weighted by Crippen LogP contribution is 2.35. The highest BCUT2D eigenvalue weighted by atomic mass is 35.5. The van der Waals surface area contributed by atoms with Crippen LogP contribution in [0.4, 0.5) is 5.69 Å². The third-order valence-electron chi connectivity index (χ3n) is 5.54. The Morgan fingerprint density at radius 1 is 1.12 bits per heavy atom. The van der Waals surface area contributed by atoms with Gasteiger partial charge in [0.05, 0.1) is 36.2 Å². The monoisotopic (exact) mass is 457 g/mol. The number of hydrogen-bond donors (Lipinski definition) is 1. The van der Waals surface area contributed by atoms with E-state index in [9.17, 15) is 9.59 Å². The zero-order chi connectivity index (χ0) is 22.7. The number of carbonyl (C=O) groups excluding carboxylic acids is 2. The Balaban J connectivity index is 1.56. The predicted octanol–water partition coefficient (Wildman–Crippen LogP) is 4.49. The maximum absolute atomic E-state index is 13.0. The number of ether oxygens (including phenoxy) is 3. The van der Waals surface area contributed by atoms with E-state index in [1.807, 2.05) is 0 Å². The van der Waals surface area contributed by atoms with Crippen LogP contribution in [-0.4, -0.2) is 35.5 Å². The van der Waals surface area contributed by atoms with Crippen molar-refractivity contribution >= 4 is 34.8 Å². The van der Waals surface area contributed by atoms with E-state index in [2.05, 4.69) is 10.3 Å². The molecule has 168 valence electrons. The normalized spacial score (nSPS) is 13.8. The minimum absolute atomic E-state index is 0.0392. The number of esters is 1. The molecule has 8 nitrogen and oxygen atoms in total. The first kappa shape index (κ1) is 22.0. The Bertz CT molecular complexity index is 1150. The summed E-state index contributed by atoms with van der Waals surface area (Å²) in [5, 5.41) is 3.45. The Morgan fingerprint density at radius 2 is 1.84 bits per heavy atom. The highest BCUT2D eigenvalue weighted by Gasteiger charge is 2.26. The van der Waals surface area contributed by atoms with Crippen molar-refractivity contribution in [3.8, 4) is 11.5 Å². The second kappa shape index (κ2) is 9.48. The van der Waals surface area contributed by atoms with Gasteiger partial charge in [-0.3, -0.25) is 4.79 Å². The number of halogens is 1. The number of amides is 1. The number of nitrogens with zero attached hydrogens (tertiary/aromatic N) is 2. The smallest absolute Gasteiger partial charge is 0.340 e. The summed E-state index contributed by atoms with van der Waals surface area (Å²) in [5.74, 6) is -0.00999. The van der Waals surface area contributed by atoms with Crippen LogP contribution in [0.25, 0.3) is 5.65 Å². The predicted molar refractivity (Wildman–Crippen MR) is 119 cm³/mol. The fourth-order valence-corrected chi connectivity index (χ4v) is 4.05. The molecule has 0 atom stereocenters. The van der Waals surface area contributed by atoms with Gasteiger partial charge in [-0.15, -0.1) is 0 Å². The number of hydrogen-bond acceptors (Lipinski definition) is 6. The lowest BCUT2D eigenvalue weighted by molar-refractivity contribution is -0.119. The number of benzene rings is 1. The summed E-state index contributed by atoms with van der Waals surface area (Å²) in [6.07, 6.45) is 7.21. The number of methoxy groups -OCH3 is 2. The van der Waals surface area contributed by atoms with Crippen molar-refractivity contribution in [2.45, 2.75) is 32.3 Å². The maximum Gasteiger partial charge on any atom is 0.340 e. The van der Waals surface area contributed by atoms with Crippen LogP contribution in [0.1, 0.15) is 41.7 Å². The number of pyridine rings is 1. The van der Waals surface area contributed by atoms with Gasteiger partial charge in [-0.05, 0) is 25.0 Å². The molecule has 4 rings (SSSR count). The van der Waals surface area contributed by atoms with Gasteiger partial charge in [-0.1, -0.05) is 24.4 Å². The molecule has 1 saturated carbocycles. The van der Waals surface area contributed by atoms with Crippen LogP contribution in [0.5, 0.6) is 11.5 Å². The van der Waals surface area contributed by atoms with Gasteiger partial charge < -0.3 is 23.9 Å². The van der Waals surface area contributed by atoms with Crippen LogP contribution in [-0.2, 0) is 16.1 Å². The van der Waals surface area contributed by atoms with Gasteiger partial charge in [0.25, 0.3) is 0 Å². The zero-order valence-electron chi connectivity index (χ0n) is 17.9. The van der Waals surface area contributed by atoms with Gasteiger partial charge in [0, 0.05) is 30.4 Å². The topological polar surface area (TPSA) is 91.2 Å². The summed E-state index contributed by atoms with van der Waals surface area (Å²) >= 11 is 6.00. The Hall–Kier alpha value is -3.26. The van der Waals surface area contributed by atoms with E-state index in [1.54, 1.807) is 35.0 Å². The van der Waals surface area contributed by atoms with Gasteiger partial charge in [0.15, 0.2) is 11.5 Å². The second-order valence-electron chi connectivity index (χ2n) is 7.64. The Labute approximate surface area is 190 Å². The molecule has 0 radical (unpaired) electrons. The zero-order valence-corrected chi connectivity index (χ0v) is 18.6. The average Bonchev–Trinajstić information content (AvgIpc) is 3.46. The van der Waals surface area contributed by atoms with E-state index < -0.39 is 5.97 Å². The van der Waals surface area contributed by atoms with Crippen LogP contribution >= 0.6 is 11.6 Å². The van der Waals surface area contributed by atoms with E-state index in [1.165, 1.54) is 20.3 Å². The molecule has 0 bridgehead atoms. The van der Waals surface area contributed by atoms with Crippen molar-refractivity contribution in [2.24, 2.45) is 5.92 Å². The molecular weight excluding hydrogens is 434 g/mol. The molecule has 0 aliphatic heterocycles. The fraction of sp³-hybridized carbons (Fsp3) is 0.348. The van der Waals surface area contributed by atoms with Gasteiger partial charge in [0.2, 0.25) is 5.91 Å². The van der Waals surface area contributed by atoms with Crippen LogP contribution < -0.4 is 14.8 Å². The molecule has 1 aromatic carbocycles. The van der Waals surface area contributed by atoms with Crippen molar-refractivity contribution in [1.82, 2.24) is 9.38 Å². The second-order valence-corrected chi connectivity index (χ2v) is 8.08. The highest BCUT2D eigenvalue weighted by molar-refractivity contribution is 6.30. The molecule has 32 heavy (non-hydrogen) atoms. The molecule has 2 heterocycles. The summed E-state index contributed by atoms with van der Waals surface area (Å²) in [4.78, 5) is 30.1. The molecule has 2 aromatic heterocycles. The summed E-state index contributed by atoms with van der Waals surface area (Å²) < 4.78 is 17.9. The summed E-state index contributed by atoms with van der Waals surface area (Å²) in [5.41, 5.74) is 1.76. The standard InChI is InChI=1S/C23H24ClN3O5/c1-30-19-9-17(18(10-20(19)31-2)26-22(28)14-5-3-4-6-14)23(29)32-13-16-12-27-11-15(24)7-8-21(27)25-16/h7-12,14H,3-6,13H2,1-2H3,(H,26,28). The number of rotatable bonds is 7. The molecule has 1 fully saturated rings. The minimum Gasteiger partial charge on any atom is -0.493 e. The lowest BCUT2D eigenvalue weighted by Gasteiger charge is -2.16. The quantitative estimate of drug-likeness (QED) is 0.525. The first-order chi connectivity index (χ1) is 15.5. The van der Waals surface area contributed by atoms with Crippen molar-refractivity contribution in [2.75, 3.05) is 19.5 Å². The lowest BCUT2D eigenvalue weighted by atomic mass is 10.1. The number of fused-ring (bicyclic) bond motifs is 1. The first-order valence-corrected chi connectivity index (χ1v) is 10.7. The minimum atomic E-state index is -0.609. The van der Waals surface area contributed by atoms with Gasteiger partial charge >= 0.3 is 5.97 Å². The number of imidazole rings is 1. The average molecular weight is 458 g/mol. The van der Waals surface area contributed by atoms with E-state index in [-0.39, 0.29) is 24.0 Å². The molecular formula is C23H24ClN3O5. The summed E-state index contributed by atoms with van der Waals surface area (Å²) in [6, 6.07) is 6.60. The number of carbonyl (C=O) groups is 2. The number of nitrogens with one attached hydrogen (secondary N) is 1. The maximum atomic E-state index is 13.0. The van der Waals surface area contributed by atoms with E-state index in [0.29, 0.717) is 33.6 Å². The van der Waals surface area contributed by atoms with Gasteiger partial charge in [0.1, 0.15) is 12.3 Å². The Morgan fingerprint density at radius 3 is 2.56 bits per heavy atom. The molecule has 1 aliphatic rings. The molecule has 1 N–H and O–H groups in total. The molecule has 0 unspecified atom stereocenters. The van der Waals surface area contributed by atoms with Crippen molar-refractivity contribution < 1.29 is 23.8 Å². The van der Waals surface area contributed by atoms with Gasteiger partial charge in [-0.2, -0.15) is 0 Å². The number of aromatic nitrogens is 2. The van der Waals surface area contributed by atoms with Gasteiger partial charge in [-0.25, -0.2) is 9.78 Å². The molecule has 1 aliphatic carbocycles. The van der Waals surface area contributed by atoms with Crippen LogP contribution in [0.2, 0.25) is 5.02 Å². The third kappa shape index (κ3) is 4.65. The largest absolute Gasteiger partial charge is 0.493 e. The molecule has 1 amide bonds.